The highest BCUT2D eigenvalue weighted by Crippen LogP contribution is 2.34. The number of piperidine rings is 1. The number of unbranched alkanes of at least 4 members (excludes halogenated alkanes) is 4. The molecule has 2 aromatic rings. The van der Waals surface area contributed by atoms with Crippen LogP contribution in [0.15, 0.2) is 35.4 Å². The summed E-state index contributed by atoms with van der Waals surface area (Å²) in [4.78, 5) is 19.2. The van der Waals surface area contributed by atoms with Crippen LogP contribution in [0.5, 0.6) is 0 Å². The molecular weight excluding hydrogens is 409 g/mol. The van der Waals surface area contributed by atoms with Gasteiger partial charge in [-0.25, -0.2) is 0 Å². The Labute approximate surface area is 180 Å². The van der Waals surface area contributed by atoms with E-state index in [9.17, 15) is 18.0 Å². The molecule has 1 aromatic carbocycles. The molecule has 0 radical (unpaired) electrons. The van der Waals surface area contributed by atoms with Gasteiger partial charge in [0.2, 0.25) is 5.91 Å². The van der Waals surface area contributed by atoms with Crippen molar-refractivity contribution in [2.24, 2.45) is 0 Å². The molecule has 1 aliphatic heterocycles. The van der Waals surface area contributed by atoms with Gasteiger partial charge < -0.3 is 4.90 Å². The fourth-order valence-corrected chi connectivity index (χ4v) is 4.87. The molecule has 0 unspecified atom stereocenters. The molecule has 30 heavy (non-hydrogen) atoms. The maximum Gasteiger partial charge on any atom is 0.416 e. The van der Waals surface area contributed by atoms with Crippen LogP contribution in [0.1, 0.15) is 63.4 Å². The molecule has 0 saturated carbocycles. The zero-order chi connectivity index (χ0) is 21.4. The Morgan fingerprint density at radius 1 is 1.00 bits per heavy atom. The molecule has 3 rings (SSSR count). The first-order chi connectivity index (χ1) is 14.4. The first kappa shape index (κ1) is 22.9. The number of hydrogen-bond donors (Lipinski definition) is 0. The Kier molecular flexibility index (Phi) is 8.42. The quantitative estimate of drug-likeness (QED) is 0.323. The minimum absolute atomic E-state index is 0.309. The molecule has 164 valence electrons. The number of rotatable bonds is 9. The number of amides is 1. The number of alkyl halides is 3. The van der Waals surface area contributed by atoms with E-state index in [2.05, 4.69) is 4.98 Å². The normalized spacial score (nSPS) is 15.0. The van der Waals surface area contributed by atoms with Crippen molar-refractivity contribution in [3.63, 3.8) is 0 Å². The van der Waals surface area contributed by atoms with E-state index in [4.69, 9.17) is 0 Å². The summed E-state index contributed by atoms with van der Waals surface area (Å²) in [6.45, 7) is 1.86. The lowest BCUT2D eigenvalue weighted by atomic mass is 10.1. The molecule has 1 aromatic heterocycles. The third-order valence-corrected chi connectivity index (χ3v) is 6.69. The zero-order valence-electron chi connectivity index (χ0n) is 17.2. The topological polar surface area (TPSA) is 33.2 Å². The molecule has 7 heteroatoms. The van der Waals surface area contributed by atoms with Crippen LogP contribution in [0.4, 0.5) is 13.2 Å². The maximum absolute atomic E-state index is 12.9. The Morgan fingerprint density at radius 2 is 1.73 bits per heavy atom. The van der Waals surface area contributed by atoms with Crippen LogP contribution >= 0.6 is 11.8 Å². The van der Waals surface area contributed by atoms with Crippen LogP contribution in [0.2, 0.25) is 0 Å². The molecule has 0 N–H and O–H groups in total. The summed E-state index contributed by atoms with van der Waals surface area (Å²) in [6, 6.07) is 5.63. The molecule has 1 saturated heterocycles. The number of benzene rings is 1. The average Bonchev–Trinajstić information content (AvgIpc) is 2.75. The third kappa shape index (κ3) is 6.62. The highest BCUT2D eigenvalue weighted by atomic mass is 32.2. The minimum Gasteiger partial charge on any atom is -0.343 e. The Morgan fingerprint density at radius 3 is 2.50 bits per heavy atom. The Hall–Kier alpha value is -1.76. The maximum atomic E-state index is 12.9. The van der Waals surface area contributed by atoms with Crippen LogP contribution < -0.4 is 0 Å². The predicted octanol–water partition coefficient (Wildman–Crippen LogP) is 6.70. The lowest BCUT2D eigenvalue weighted by Gasteiger charge is -2.26. The number of likely N-dealkylation sites (tertiary alicyclic amines) is 1. The van der Waals surface area contributed by atoms with Gasteiger partial charge in [-0.2, -0.15) is 13.2 Å². The highest BCUT2D eigenvalue weighted by Gasteiger charge is 2.30. The fraction of sp³-hybridized carbons (Fsp3) is 0.565. The SMILES string of the molecule is O=C(CCCCCCCSc1ccnc2cc(C(F)(F)F)ccc12)N1CCCCC1. The van der Waals surface area contributed by atoms with E-state index in [1.165, 1.54) is 12.5 Å². The molecule has 0 atom stereocenters. The Bertz CT molecular complexity index is 835. The molecule has 0 spiro atoms. The van der Waals surface area contributed by atoms with Gasteiger partial charge in [0.25, 0.3) is 0 Å². The van der Waals surface area contributed by atoms with Gasteiger partial charge in [0.15, 0.2) is 0 Å². The van der Waals surface area contributed by atoms with Crippen LogP contribution in [-0.2, 0) is 11.0 Å². The van der Waals surface area contributed by atoms with Gasteiger partial charge in [-0.15, -0.1) is 11.8 Å². The van der Waals surface area contributed by atoms with Gasteiger partial charge in [0.05, 0.1) is 11.1 Å². The van der Waals surface area contributed by atoms with Crippen molar-refractivity contribution in [1.29, 1.82) is 0 Å². The second-order valence-corrected chi connectivity index (χ2v) is 8.98. The van der Waals surface area contributed by atoms with E-state index in [-0.39, 0.29) is 0 Å². The summed E-state index contributed by atoms with van der Waals surface area (Å²) in [6.07, 6.45) is 6.70. The van der Waals surface area contributed by atoms with Crippen molar-refractivity contribution in [2.75, 3.05) is 18.8 Å². The lowest BCUT2D eigenvalue weighted by molar-refractivity contribution is -0.137. The van der Waals surface area contributed by atoms with Gasteiger partial charge in [-0.1, -0.05) is 25.3 Å². The average molecular weight is 439 g/mol. The summed E-state index contributed by atoms with van der Waals surface area (Å²) in [5.41, 5.74) is -0.281. The molecule has 1 amide bonds. The minimum atomic E-state index is -4.35. The number of halogens is 3. The summed E-state index contributed by atoms with van der Waals surface area (Å²) in [5.74, 6) is 1.23. The van der Waals surface area contributed by atoms with E-state index < -0.39 is 11.7 Å². The van der Waals surface area contributed by atoms with Crippen molar-refractivity contribution >= 4 is 28.6 Å². The monoisotopic (exact) mass is 438 g/mol. The van der Waals surface area contributed by atoms with Crippen molar-refractivity contribution in [3.8, 4) is 0 Å². The largest absolute Gasteiger partial charge is 0.416 e. The molecule has 1 aliphatic rings. The van der Waals surface area contributed by atoms with Gasteiger partial charge in [-0.05, 0) is 56.1 Å². The third-order valence-electron chi connectivity index (χ3n) is 5.53. The summed E-state index contributed by atoms with van der Waals surface area (Å²) >= 11 is 1.67. The number of hydrogen-bond acceptors (Lipinski definition) is 3. The van der Waals surface area contributed by atoms with Crippen LogP contribution in [0.25, 0.3) is 10.9 Å². The standard InChI is InChI=1S/C23H29F3N2OS/c24-23(25,26)18-10-11-19-20(17-18)27-13-12-21(19)30-16-8-3-1-2-5-9-22(29)28-14-6-4-7-15-28/h10-13,17H,1-9,14-16H2. The zero-order valence-corrected chi connectivity index (χ0v) is 18.0. The first-order valence-electron chi connectivity index (χ1n) is 10.8. The number of fused-ring (bicyclic) bond motifs is 1. The number of carbonyl (C=O) groups is 1. The fourth-order valence-electron chi connectivity index (χ4n) is 3.82. The number of pyridine rings is 1. The van der Waals surface area contributed by atoms with Crippen LogP contribution in [-0.4, -0.2) is 34.6 Å². The van der Waals surface area contributed by atoms with Gasteiger partial charge >= 0.3 is 6.18 Å². The number of nitrogens with zero attached hydrogens (tertiary/aromatic N) is 2. The van der Waals surface area contributed by atoms with Crippen LogP contribution in [0.3, 0.4) is 0 Å². The van der Waals surface area contributed by atoms with E-state index in [0.717, 1.165) is 86.2 Å². The molecular formula is C23H29F3N2OS. The van der Waals surface area contributed by atoms with Crippen molar-refractivity contribution in [1.82, 2.24) is 9.88 Å². The van der Waals surface area contributed by atoms with E-state index >= 15 is 0 Å². The smallest absolute Gasteiger partial charge is 0.343 e. The molecule has 0 bridgehead atoms. The van der Waals surface area contributed by atoms with Crippen molar-refractivity contribution in [3.05, 3.63) is 36.0 Å². The molecule has 1 fully saturated rings. The molecule has 3 nitrogen and oxygen atoms in total. The van der Waals surface area contributed by atoms with Crippen LogP contribution in [0, 0.1) is 0 Å². The van der Waals surface area contributed by atoms with Gasteiger partial charge in [0.1, 0.15) is 0 Å². The lowest BCUT2D eigenvalue weighted by Crippen LogP contribution is -2.35. The number of thioether (sulfide) groups is 1. The first-order valence-corrected chi connectivity index (χ1v) is 11.8. The molecule has 0 aliphatic carbocycles. The summed E-state index contributed by atoms with van der Waals surface area (Å²) < 4.78 is 38.6. The number of carbonyl (C=O) groups excluding carboxylic acids is 1. The van der Waals surface area contributed by atoms with E-state index in [0.29, 0.717) is 17.8 Å². The predicted molar refractivity (Wildman–Crippen MR) is 116 cm³/mol. The van der Waals surface area contributed by atoms with E-state index in [1.807, 2.05) is 11.0 Å². The summed E-state index contributed by atoms with van der Waals surface area (Å²) in [7, 11) is 0. The summed E-state index contributed by atoms with van der Waals surface area (Å²) in [5, 5.41) is 0.770. The highest BCUT2D eigenvalue weighted by molar-refractivity contribution is 7.99. The van der Waals surface area contributed by atoms with Crippen molar-refractivity contribution < 1.29 is 18.0 Å². The van der Waals surface area contributed by atoms with Crippen molar-refractivity contribution in [2.45, 2.75) is 68.9 Å². The second kappa shape index (κ2) is 11.0. The Balaban J connectivity index is 1.34. The molecule has 2 heterocycles. The second-order valence-electron chi connectivity index (χ2n) is 7.85. The van der Waals surface area contributed by atoms with Gasteiger partial charge in [-0.3, -0.25) is 9.78 Å². The number of aromatic nitrogens is 1. The van der Waals surface area contributed by atoms with E-state index in [1.54, 1.807) is 18.0 Å². The van der Waals surface area contributed by atoms with Gasteiger partial charge in [0, 0.05) is 36.0 Å².